The summed E-state index contributed by atoms with van der Waals surface area (Å²) < 4.78 is 5.55. The van der Waals surface area contributed by atoms with E-state index < -0.39 is 11.8 Å². The molecule has 3 aromatic rings. The Morgan fingerprint density at radius 2 is 1.96 bits per heavy atom. The highest BCUT2D eigenvalue weighted by molar-refractivity contribution is 6.42. The molecule has 0 aliphatic heterocycles. The van der Waals surface area contributed by atoms with Crippen LogP contribution in [0.2, 0.25) is 10.0 Å². The lowest BCUT2D eigenvalue weighted by Gasteiger charge is -2.11. The second-order valence-electron chi connectivity index (χ2n) is 5.30. The molecule has 132 valence electrons. The van der Waals surface area contributed by atoms with Crippen LogP contribution in [0.15, 0.2) is 36.5 Å². The van der Waals surface area contributed by atoms with Crippen LogP contribution in [-0.4, -0.2) is 21.7 Å². The molecule has 0 atom stereocenters. The van der Waals surface area contributed by atoms with Gasteiger partial charge in [-0.15, -0.1) is 0 Å². The van der Waals surface area contributed by atoms with Crippen LogP contribution in [0.5, 0.6) is 0 Å². The number of carbonyl (C=O) groups is 2. The third-order valence-corrected chi connectivity index (χ3v) is 4.24. The SMILES string of the molecule is CC(=O)c1c(COC(=O)c2ccccn2)nc2cc(Cl)c(Cl)cc2[n+]1[O-]. The Bertz CT molecular complexity index is 1030. The number of rotatable bonds is 4. The number of hydrogen-bond acceptors (Lipinski definition) is 6. The minimum atomic E-state index is -0.700. The van der Waals surface area contributed by atoms with Gasteiger partial charge in [0.2, 0.25) is 11.3 Å². The summed E-state index contributed by atoms with van der Waals surface area (Å²) in [6.45, 7) is 0.849. The predicted octanol–water partition coefficient (Wildman–Crippen LogP) is 3.13. The number of benzene rings is 1. The first-order valence-electron chi connectivity index (χ1n) is 7.38. The molecule has 0 fully saturated rings. The second-order valence-corrected chi connectivity index (χ2v) is 6.12. The van der Waals surface area contributed by atoms with Crippen molar-refractivity contribution < 1.29 is 19.1 Å². The van der Waals surface area contributed by atoms with E-state index in [4.69, 9.17) is 27.9 Å². The fraction of sp³-hybridized carbons (Fsp3) is 0.118. The monoisotopic (exact) mass is 391 g/mol. The zero-order chi connectivity index (χ0) is 18.8. The maximum absolute atomic E-state index is 12.6. The molecule has 0 amide bonds. The largest absolute Gasteiger partial charge is 0.618 e. The molecule has 9 heteroatoms. The van der Waals surface area contributed by atoms with Gasteiger partial charge in [0.25, 0.3) is 5.69 Å². The summed E-state index contributed by atoms with van der Waals surface area (Å²) in [6, 6.07) is 7.51. The summed E-state index contributed by atoms with van der Waals surface area (Å²) in [6.07, 6.45) is 1.45. The van der Waals surface area contributed by atoms with Gasteiger partial charge in [0.1, 0.15) is 17.8 Å². The van der Waals surface area contributed by atoms with Gasteiger partial charge in [-0.1, -0.05) is 29.3 Å². The van der Waals surface area contributed by atoms with Crippen molar-refractivity contribution in [2.75, 3.05) is 0 Å². The molecular weight excluding hydrogens is 381 g/mol. The first kappa shape index (κ1) is 18.0. The molecule has 26 heavy (non-hydrogen) atoms. The summed E-state index contributed by atoms with van der Waals surface area (Å²) in [7, 11) is 0. The Kier molecular flexibility index (Phi) is 5.01. The number of fused-ring (bicyclic) bond motifs is 1. The minimum Gasteiger partial charge on any atom is -0.618 e. The number of halogens is 2. The fourth-order valence-corrected chi connectivity index (χ4v) is 2.67. The third-order valence-electron chi connectivity index (χ3n) is 3.52. The van der Waals surface area contributed by atoms with E-state index >= 15 is 0 Å². The molecule has 2 heterocycles. The smallest absolute Gasteiger partial charge is 0.357 e. The molecule has 0 radical (unpaired) electrons. The summed E-state index contributed by atoms with van der Waals surface area (Å²) in [5.74, 6) is -1.22. The van der Waals surface area contributed by atoms with Crippen LogP contribution < -0.4 is 4.73 Å². The summed E-state index contributed by atoms with van der Waals surface area (Å²) in [5, 5.41) is 12.9. The number of Topliss-reactive ketones (excluding diaryl/α,β-unsaturated/α-hetero) is 1. The lowest BCUT2D eigenvalue weighted by atomic mass is 10.2. The Labute approximate surface area is 157 Å². The van der Waals surface area contributed by atoms with Gasteiger partial charge in [0.15, 0.2) is 5.69 Å². The van der Waals surface area contributed by atoms with E-state index in [2.05, 4.69) is 9.97 Å². The van der Waals surface area contributed by atoms with Gasteiger partial charge in [-0.25, -0.2) is 14.8 Å². The van der Waals surface area contributed by atoms with Crippen molar-refractivity contribution in [1.29, 1.82) is 0 Å². The summed E-state index contributed by atoms with van der Waals surface area (Å²) in [5.41, 5.74) is 0.197. The first-order chi connectivity index (χ1) is 12.4. The van der Waals surface area contributed by atoms with E-state index in [9.17, 15) is 14.8 Å². The molecule has 0 aliphatic rings. The highest BCUT2D eigenvalue weighted by Gasteiger charge is 2.25. The zero-order valence-corrected chi connectivity index (χ0v) is 14.9. The number of aromatic nitrogens is 3. The number of ketones is 1. The van der Waals surface area contributed by atoms with Crippen LogP contribution in [0.4, 0.5) is 0 Å². The maximum atomic E-state index is 12.6. The highest BCUT2D eigenvalue weighted by atomic mass is 35.5. The number of nitrogens with zero attached hydrogens (tertiary/aromatic N) is 3. The van der Waals surface area contributed by atoms with Gasteiger partial charge >= 0.3 is 5.97 Å². The molecule has 3 rings (SSSR count). The van der Waals surface area contributed by atoms with Gasteiger partial charge in [-0.05, 0) is 18.2 Å². The molecule has 0 saturated heterocycles. The standard InChI is InChI=1S/C17H11Cl2N3O4/c1-9(23)16-14(8-26-17(24)12-4-2-3-5-20-12)21-13-6-10(18)11(19)7-15(13)22(16)25/h2-7H,8H2,1H3. The van der Waals surface area contributed by atoms with Crippen molar-refractivity contribution in [3.8, 4) is 0 Å². The van der Waals surface area contributed by atoms with Gasteiger partial charge < -0.3 is 9.94 Å². The Balaban J connectivity index is 2.01. The molecule has 0 aliphatic carbocycles. The molecule has 0 spiro atoms. The van der Waals surface area contributed by atoms with Crippen molar-refractivity contribution in [2.45, 2.75) is 13.5 Å². The van der Waals surface area contributed by atoms with Gasteiger partial charge in [0, 0.05) is 19.2 Å². The molecule has 7 nitrogen and oxygen atoms in total. The van der Waals surface area contributed by atoms with E-state index in [1.165, 1.54) is 31.3 Å². The van der Waals surface area contributed by atoms with E-state index in [0.29, 0.717) is 4.73 Å². The van der Waals surface area contributed by atoms with Crippen LogP contribution in [0.25, 0.3) is 11.0 Å². The van der Waals surface area contributed by atoms with E-state index in [1.54, 1.807) is 12.1 Å². The summed E-state index contributed by atoms with van der Waals surface area (Å²) >= 11 is 11.9. The van der Waals surface area contributed by atoms with Crippen molar-refractivity contribution in [3.63, 3.8) is 0 Å². The molecule has 0 bridgehead atoms. The second kappa shape index (κ2) is 7.23. The topological polar surface area (TPSA) is 96.1 Å². The van der Waals surface area contributed by atoms with Crippen LogP contribution >= 0.6 is 23.2 Å². The van der Waals surface area contributed by atoms with E-state index in [1.807, 2.05) is 0 Å². The lowest BCUT2D eigenvalue weighted by Crippen LogP contribution is -2.37. The molecule has 0 saturated carbocycles. The normalized spacial score (nSPS) is 10.7. The van der Waals surface area contributed by atoms with Crippen LogP contribution in [0.3, 0.4) is 0 Å². The average molecular weight is 392 g/mol. The number of carbonyl (C=O) groups excluding carboxylic acids is 2. The molecule has 0 unspecified atom stereocenters. The van der Waals surface area contributed by atoms with Crippen molar-refractivity contribution in [3.05, 3.63) is 68.9 Å². The fourth-order valence-electron chi connectivity index (χ4n) is 2.35. The van der Waals surface area contributed by atoms with E-state index in [-0.39, 0.29) is 44.8 Å². The summed E-state index contributed by atoms with van der Waals surface area (Å²) in [4.78, 5) is 32.1. The average Bonchev–Trinajstić information content (AvgIpc) is 2.62. The molecule has 2 aromatic heterocycles. The third kappa shape index (κ3) is 3.44. The Hall–Kier alpha value is -2.77. The number of pyridine rings is 1. The van der Waals surface area contributed by atoms with Gasteiger partial charge in [-0.3, -0.25) is 4.79 Å². The maximum Gasteiger partial charge on any atom is 0.357 e. The number of hydrogen-bond donors (Lipinski definition) is 0. The van der Waals surface area contributed by atoms with Crippen LogP contribution in [0, 0.1) is 5.21 Å². The van der Waals surface area contributed by atoms with Crippen molar-refractivity contribution in [1.82, 2.24) is 9.97 Å². The molecular formula is C17H11Cl2N3O4. The van der Waals surface area contributed by atoms with E-state index in [0.717, 1.165) is 0 Å². The lowest BCUT2D eigenvalue weighted by molar-refractivity contribution is -0.580. The molecule has 0 N–H and O–H groups in total. The van der Waals surface area contributed by atoms with Gasteiger partial charge in [0.05, 0.1) is 10.0 Å². The predicted molar refractivity (Wildman–Crippen MR) is 94.1 cm³/mol. The highest BCUT2D eigenvalue weighted by Crippen LogP contribution is 2.26. The quantitative estimate of drug-likeness (QED) is 0.293. The number of ether oxygens (including phenoxy) is 1. The van der Waals surface area contributed by atoms with Crippen LogP contribution in [-0.2, 0) is 11.3 Å². The van der Waals surface area contributed by atoms with Gasteiger partial charge in [-0.2, -0.15) is 4.73 Å². The Morgan fingerprint density at radius 1 is 1.23 bits per heavy atom. The minimum absolute atomic E-state index is 0.0164. The van der Waals surface area contributed by atoms with Crippen molar-refractivity contribution in [2.24, 2.45) is 0 Å². The zero-order valence-electron chi connectivity index (χ0n) is 13.4. The molecule has 1 aromatic carbocycles. The first-order valence-corrected chi connectivity index (χ1v) is 8.14. The Morgan fingerprint density at radius 3 is 2.62 bits per heavy atom. The van der Waals surface area contributed by atoms with Crippen molar-refractivity contribution >= 4 is 46.0 Å². The number of esters is 1. The van der Waals surface area contributed by atoms with Crippen LogP contribution in [0.1, 0.15) is 33.6 Å².